The fourth-order valence-electron chi connectivity index (χ4n) is 2.06. The summed E-state index contributed by atoms with van der Waals surface area (Å²) >= 11 is 0. The number of nitrogens with one attached hydrogen (secondary N) is 1. The summed E-state index contributed by atoms with van der Waals surface area (Å²) in [7, 11) is 2.02. The van der Waals surface area contributed by atoms with Gasteiger partial charge in [0, 0.05) is 25.0 Å². The Labute approximate surface area is 99.2 Å². The summed E-state index contributed by atoms with van der Waals surface area (Å²) in [5.41, 5.74) is 1.33. The Hall–Kier alpha value is -0.830. The third-order valence-electron chi connectivity index (χ3n) is 3.07. The standard InChI is InChI=1S/C13H25N3/c1-4-6-7-12(14-5-2)8-9-13-10-11-15-16(13)3/h10-12,14H,4-9H2,1-3H3. The van der Waals surface area contributed by atoms with Crippen LogP contribution in [0.3, 0.4) is 0 Å². The van der Waals surface area contributed by atoms with E-state index in [9.17, 15) is 0 Å². The van der Waals surface area contributed by atoms with E-state index in [0.717, 1.165) is 13.0 Å². The van der Waals surface area contributed by atoms with Gasteiger partial charge >= 0.3 is 0 Å². The van der Waals surface area contributed by atoms with Crippen LogP contribution in [0.4, 0.5) is 0 Å². The summed E-state index contributed by atoms with van der Waals surface area (Å²) in [6, 6.07) is 2.78. The van der Waals surface area contributed by atoms with Crippen molar-refractivity contribution in [2.75, 3.05) is 6.54 Å². The quantitative estimate of drug-likeness (QED) is 0.734. The lowest BCUT2D eigenvalue weighted by atomic mass is 10.0. The van der Waals surface area contributed by atoms with Crippen LogP contribution in [0.2, 0.25) is 0 Å². The Morgan fingerprint density at radius 1 is 1.38 bits per heavy atom. The fourth-order valence-corrected chi connectivity index (χ4v) is 2.06. The number of rotatable bonds is 8. The second-order valence-electron chi connectivity index (χ2n) is 4.38. The second-order valence-corrected chi connectivity index (χ2v) is 4.38. The molecular formula is C13H25N3. The lowest BCUT2D eigenvalue weighted by Crippen LogP contribution is -2.29. The van der Waals surface area contributed by atoms with E-state index < -0.39 is 0 Å². The molecule has 92 valence electrons. The molecular weight excluding hydrogens is 198 g/mol. The molecule has 3 heteroatoms. The average molecular weight is 223 g/mol. The Kier molecular flexibility index (Phi) is 6.16. The van der Waals surface area contributed by atoms with Crippen molar-refractivity contribution in [2.45, 2.75) is 52.0 Å². The summed E-state index contributed by atoms with van der Waals surface area (Å²) in [5, 5.41) is 7.77. The maximum Gasteiger partial charge on any atom is 0.0492 e. The van der Waals surface area contributed by atoms with E-state index in [1.807, 2.05) is 17.9 Å². The molecule has 0 aromatic carbocycles. The number of unbranched alkanes of at least 4 members (excludes halogenated alkanes) is 1. The Balaban J connectivity index is 2.34. The number of hydrogen-bond acceptors (Lipinski definition) is 2. The molecule has 0 aliphatic rings. The van der Waals surface area contributed by atoms with E-state index in [2.05, 4.69) is 30.3 Å². The van der Waals surface area contributed by atoms with Gasteiger partial charge in [-0.1, -0.05) is 26.7 Å². The summed E-state index contributed by atoms with van der Waals surface area (Å²) < 4.78 is 1.98. The van der Waals surface area contributed by atoms with Crippen molar-refractivity contribution < 1.29 is 0 Å². The monoisotopic (exact) mass is 223 g/mol. The molecule has 1 unspecified atom stereocenters. The minimum absolute atomic E-state index is 0.667. The van der Waals surface area contributed by atoms with Crippen molar-refractivity contribution in [1.82, 2.24) is 15.1 Å². The molecule has 0 radical (unpaired) electrons. The van der Waals surface area contributed by atoms with Gasteiger partial charge in [-0.25, -0.2) is 0 Å². The Morgan fingerprint density at radius 2 is 2.19 bits per heavy atom. The zero-order chi connectivity index (χ0) is 11.8. The van der Waals surface area contributed by atoms with Gasteiger partial charge in [-0.05, 0) is 31.9 Å². The molecule has 1 atom stereocenters. The largest absolute Gasteiger partial charge is 0.314 e. The molecule has 0 fully saturated rings. The minimum Gasteiger partial charge on any atom is -0.314 e. The first-order valence-electron chi connectivity index (χ1n) is 6.48. The molecule has 1 heterocycles. The van der Waals surface area contributed by atoms with Gasteiger partial charge in [0.05, 0.1) is 0 Å². The molecule has 0 amide bonds. The Bertz CT molecular complexity index is 280. The van der Waals surface area contributed by atoms with E-state index in [1.165, 1.54) is 31.4 Å². The first-order chi connectivity index (χ1) is 7.77. The molecule has 0 saturated carbocycles. The van der Waals surface area contributed by atoms with Crippen LogP contribution in [0.15, 0.2) is 12.3 Å². The third kappa shape index (κ3) is 4.35. The first-order valence-corrected chi connectivity index (χ1v) is 6.48. The van der Waals surface area contributed by atoms with Crippen molar-refractivity contribution >= 4 is 0 Å². The molecule has 0 aliphatic carbocycles. The van der Waals surface area contributed by atoms with E-state index >= 15 is 0 Å². The van der Waals surface area contributed by atoms with Crippen LogP contribution in [0.5, 0.6) is 0 Å². The lowest BCUT2D eigenvalue weighted by molar-refractivity contribution is 0.444. The summed E-state index contributed by atoms with van der Waals surface area (Å²) in [4.78, 5) is 0. The van der Waals surface area contributed by atoms with Gasteiger partial charge in [0.25, 0.3) is 0 Å². The average Bonchev–Trinajstić information content (AvgIpc) is 2.68. The van der Waals surface area contributed by atoms with E-state index in [4.69, 9.17) is 0 Å². The van der Waals surface area contributed by atoms with Gasteiger partial charge < -0.3 is 5.32 Å². The van der Waals surface area contributed by atoms with Crippen molar-refractivity contribution in [3.05, 3.63) is 18.0 Å². The number of hydrogen-bond donors (Lipinski definition) is 1. The number of aromatic nitrogens is 2. The Morgan fingerprint density at radius 3 is 2.75 bits per heavy atom. The van der Waals surface area contributed by atoms with Crippen LogP contribution in [-0.2, 0) is 13.5 Å². The molecule has 1 aromatic heterocycles. The first kappa shape index (κ1) is 13.2. The van der Waals surface area contributed by atoms with Crippen LogP contribution >= 0.6 is 0 Å². The second kappa shape index (κ2) is 7.44. The zero-order valence-corrected chi connectivity index (χ0v) is 10.9. The van der Waals surface area contributed by atoms with E-state index in [1.54, 1.807) is 0 Å². The van der Waals surface area contributed by atoms with E-state index in [-0.39, 0.29) is 0 Å². The highest BCUT2D eigenvalue weighted by atomic mass is 15.2. The maximum atomic E-state index is 4.20. The van der Waals surface area contributed by atoms with Gasteiger partial charge in [0.2, 0.25) is 0 Å². The van der Waals surface area contributed by atoms with E-state index in [0.29, 0.717) is 6.04 Å². The molecule has 0 bridgehead atoms. The molecule has 0 aliphatic heterocycles. The van der Waals surface area contributed by atoms with Crippen molar-refractivity contribution in [1.29, 1.82) is 0 Å². The molecule has 1 aromatic rings. The van der Waals surface area contributed by atoms with Crippen LogP contribution < -0.4 is 5.32 Å². The van der Waals surface area contributed by atoms with Crippen molar-refractivity contribution in [2.24, 2.45) is 7.05 Å². The summed E-state index contributed by atoms with van der Waals surface area (Å²) in [6.07, 6.45) is 8.12. The van der Waals surface area contributed by atoms with Crippen molar-refractivity contribution in [3.63, 3.8) is 0 Å². The lowest BCUT2D eigenvalue weighted by Gasteiger charge is -2.17. The zero-order valence-electron chi connectivity index (χ0n) is 10.9. The third-order valence-corrected chi connectivity index (χ3v) is 3.07. The maximum absolute atomic E-state index is 4.20. The molecule has 1 rings (SSSR count). The predicted molar refractivity (Wildman–Crippen MR) is 68.5 cm³/mol. The van der Waals surface area contributed by atoms with Crippen LogP contribution in [0.1, 0.15) is 45.2 Å². The predicted octanol–water partition coefficient (Wildman–Crippen LogP) is 2.52. The smallest absolute Gasteiger partial charge is 0.0492 e. The summed E-state index contributed by atoms with van der Waals surface area (Å²) in [6.45, 7) is 5.51. The highest BCUT2D eigenvalue weighted by Crippen LogP contribution is 2.09. The molecule has 0 saturated heterocycles. The molecule has 3 nitrogen and oxygen atoms in total. The van der Waals surface area contributed by atoms with Crippen LogP contribution in [0, 0.1) is 0 Å². The molecule has 16 heavy (non-hydrogen) atoms. The number of aryl methyl sites for hydroxylation is 2. The van der Waals surface area contributed by atoms with Crippen molar-refractivity contribution in [3.8, 4) is 0 Å². The van der Waals surface area contributed by atoms with Gasteiger partial charge in [-0.3, -0.25) is 4.68 Å². The van der Waals surface area contributed by atoms with Gasteiger partial charge in [0.1, 0.15) is 0 Å². The van der Waals surface area contributed by atoms with Crippen LogP contribution in [-0.4, -0.2) is 22.4 Å². The summed E-state index contributed by atoms with van der Waals surface area (Å²) in [5.74, 6) is 0. The van der Waals surface area contributed by atoms with Gasteiger partial charge in [0.15, 0.2) is 0 Å². The van der Waals surface area contributed by atoms with Gasteiger partial charge in [-0.2, -0.15) is 5.10 Å². The minimum atomic E-state index is 0.667. The SMILES string of the molecule is CCCCC(CCc1ccnn1C)NCC. The fraction of sp³-hybridized carbons (Fsp3) is 0.769. The normalized spacial score (nSPS) is 12.9. The number of nitrogens with zero attached hydrogens (tertiary/aromatic N) is 2. The highest BCUT2D eigenvalue weighted by Gasteiger charge is 2.08. The van der Waals surface area contributed by atoms with Gasteiger partial charge in [-0.15, -0.1) is 0 Å². The molecule has 0 spiro atoms. The topological polar surface area (TPSA) is 29.9 Å². The van der Waals surface area contributed by atoms with Crippen LogP contribution in [0.25, 0.3) is 0 Å². The molecule has 1 N–H and O–H groups in total. The highest BCUT2D eigenvalue weighted by molar-refractivity contribution is 5.00.